The maximum absolute atomic E-state index is 10.5. The van der Waals surface area contributed by atoms with Crippen LogP contribution in [0.15, 0.2) is 0 Å². The third-order valence-corrected chi connectivity index (χ3v) is 1.71. The Labute approximate surface area is 98.9 Å². The van der Waals surface area contributed by atoms with E-state index in [0.29, 0.717) is 0 Å². The van der Waals surface area contributed by atoms with Gasteiger partial charge in [0, 0.05) is 0 Å². The summed E-state index contributed by atoms with van der Waals surface area (Å²) in [4.78, 5) is 42.7. The molecule has 0 aromatic heterocycles. The maximum Gasteiger partial charge on any atom is 0.561 e. The van der Waals surface area contributed by atoms with Gasteiger partial charge >= 0.3 is 18.5 Å². The van der Waals surface area contributed by atoms with Gasteiger partial charge in [0.25, 0.3) is 6.67 Å². The average molecular weight is 268 g/mol. The minimum Gasteiger partial charge on any atom is -0.448 e. The van der Waals surface area contributed by atoms with Gasteiger partial charge < -0.3 is 20.2 Å². The summed E-state index contributed by atoms with van der Waals surface area (Å²) in [6.07, 6.45) is -5.24. The molecule has 12 heteroatoms. The lowest BCUT2D eigenvalue weighted by Gasteiger charge is -2.34. The van der Waals surface area contributed by atoms with E-state index in [-0.39, 0.29) is 13.3 Å². The largest absolute Gasteiger partial charge is 0.561 e. The molecule has 0 aromatic carbocycles. The molecule has 1 aliphatic rings. The number of carboxylic acid groups (broad SMARTS) is 3. The first-order chi connectivity index (χ1) is 8.33. The molecule has 0 amide bonds. The average Bonchev–Trinajstić information content (AvgIpc) is 2.12. The SMILES string of the molecule is O=C(O)ON1CNC[N+](OC(=O)O)(OC(=O)O)C1. The summed E-state index contributed by atoms with van der Waals surface area (Å²) in [6, 6.07) is 0. The molecule has 0 saturated carbocycles. The Balaban J connectivity index is 2.78. The van der Waals surface area contributed by atoms with Crippen LogP contribution in [0.25, 0.3) is 0 Å². The Morgan fingerprint density at radius 3 is 2.06 bits per heavy atom. The van der Waals surface area contributed by atoms with E-state index in [1.54, 1.807) is 0 Å². The van der Waals surface area contributed by atoms with Crippen LogP contribution in [0.3, 0.4) is 0 Å². The van der Waals surface area contributed by atoms with E-state index in [1.807, 2.05) is 0 Å². The van der Waals surface area contributed by atoms with E-state index in [0.717, 1.165) is 5.06 Å². The molecule has 0 atom stereocenters. The summed E-state index contributed by atoms with van der Waals surface area (Å²) in [5.74, 6) is 0. The van der Waals surface area contributed by atoms with Crippen LogP contribution >= 0.6 is 0 Å². The van der Waals surface area contributed by atoms with Gasteiger partial charge in [-0.1, -0.05) is 5.06 Å². The molecule has 0 bridgehead atoms. The number of hydroxylamine groups is 6. The zero-order valence-corrected chi connectivity index (χ0v) is 8.81. The molecule has 12 nitrogen and oxygen atoms in total. The van der Waals surface area contributed by atoms with Crippen LogP contribution in [-0.4, -0.2) is 63.7 Å². The Morgan fingerprint density at radius 2 is 1.61 bits per heavy atom. The van der Waals surface area contributed by atoms with Gasteiger partial charge in [0.1, 0.15) is 0 Å². The zero-order valence-electron chi connectivity index (χ0n) is 8.81. The summed E-state index contributed by atoms with van der Waals surface area (Å²) in [5.41, 5.74) is 0. The summed E-state index contributed by atoms with van der Waals surface area (Å²) >= 11 is 0. The van der Waals surface area contributed by atoms with Crippen molar-refractivity contribution in [1.29, 1.82) is 0 Å². The highest BCUT2D eigenvalue weighted by atomic mass is 17.1. The van der Waals surface area contributed by atoms with Crippen LogP contribution in [0.1, 0.15) is 0 Å². The van der Waals surface area contributed by atoms with Crippen LogP contribution in [0.4, 0.5) is 14.4 Å². The first kappa shape index (κ1) is 13.8. The number of hydrogen-bond donors (Lipinski definition) is 4. The predicted octanol–water partition coefficient (Wildman–Crippen LogP) is -0.590. The number of hydrogen-bond acceptors (Lipinski definition) is 8. The molecule has 1 saturated heterocycles. The Kier molecular flexibility index (Phi) is 4.09. The van der Waals surface area contributed by atoms with E-state index in [9.17, 15) is 14.4 Å². The van der Waals surface area contributed by atoms with Crippen molar-refractivity contribution in [2.75, 3.05) is 20.0 Å². The molecule has 102 valence electrons. The molecule has 0 aliphatic carbocycles. The Morgan fingerprint density at radius 1 is 1.06 bits per heavy atom. The topological polar surface area (TPSA) is 155 Å². The van der Waals surface area contributed by atoms with E-state index in [1.165, 1.54) is 0 Å². The molecule has 18 heavy (non-hydrogen) atoms. The van der Waals surface area contributed by atoms with E-state index < -0.39 is 29.9 Å². The van der Waals surface area contributed by atoms with Crippen molar-refractivity contribution in [3.63, 3.8) is 0 Å². The Bertz CT molecular complexity index is 342. The summed E-state index contributed by atoms with van der Waals surface area (Å²) in [7, 11) is 0. The van der Waals surface area contributed by atoms with Crippen molar-refractivity contribution in [2.45, 2.75) is 0 Å². The van der Waals surface area contributed by atoms with Crippen molar-refractivity contribution in [3.05, 3.63) is 0 Å². The maximum atomic E-state index is 10.5. The molecule has 1 rings (SSSR count). The van der Waals surface area contributed by atoms with Crippen LogP contribution < -0.4 is 5.32 Å². The van der Waals surface area contributed by atoms with Gasteiger partial charge in [0.15, 0.2) is 0 Å². The normalized spacial score (nSPS) is 18.7. The lowest BCUT2D eigenvalue weighted by Crippen LogP contribution is -2.65. The van der Waals surface area contributed by atoms with Gasteiger partial charge in [-0.15, -0.1) is 0 Å². The molecule has 0 unspecified atom stereocenters. The lowest BCUT2D eigenvalue weighted by atomic mass is 10.7. The number of carbonyl (C=O) groups is 3. The number of quaternary nitrogens is 1. The molecule has 1 aliphatic heterocycles. The van der Waals surface area contributed by atoms with Crippen molar-refractivity contribution in [2.24, 2.45) is 0 Å². The van der Waals surface area contributed by atoms with Crippen molar-refractivity contribution >= 4 is 18.5 Å². The van der Waals surface area contributed by atoms with Crippen molar-refractivity contribution in [3.8, 4) is 0 Å². The fraction of sp³-hybridized carbons (Fsp3) is 0.500. The van der Waals surface area contributed by atoms with Crippen LogP contribution in [0.2, 0.25) is 0 Å². The van der Waals surface area contributed by atoms with E-state index >= 15 is 0 Å². The van der Waals surface area contributed by atoms with Crippen LogP contribution in [0, 0.1) is 0 Å². The minimum absolute atomic E-state index is 0.0851. The highest BCUT2D eigenvalue weighted by Gasteiger charge is 2.46. The molecule has 1 fully saturated rings. The number of nitrogens with one attached hydrogen (secondary N) is 1. The van der Waals surface area contributed by atoms with Gasteiger partial charge in [0.05, 0.1) is 11.5 Å². The smallest absolute Gasteiger partial charge is 0.448 e. The first-order valence-electron chi connectivity index (χ1n) is 4.42. The Hall–Kier alpha value is -2.31. The van der Waals surface area contributed by atoms with Crippen molar-refractivity contribution < 1.29 is 49.0 Å². The van der Waals surface area contributed by atoms with Crippen LogP contribution in [-0.2, 0) is 14.5 Å². The number of nitrogens with zero attached hydrogens (tertiary/aromatic N) is 2. The zero-order chi connectivity index (χ0) is 13.8. The highest BCUT2D eigenvalue weighted by Crippen LogP contribution is 2.15. The summed E-state index contributed by atoms with van der Waals surface area (Å²) in [5, 5.41) is 28.6. The second-order valence-electron chi connectivity index (χ2n) is 3.08. The predicted molar refractivity (Wildman–Crippen MR) is 47.2 cm³/mol. The monoisotopic (exact) mass is 268 g/mol. The third-order valence-electron chi connectivity index (χ3n) is 1.71. The van der Waals surface area contributed by atoms with E-state index in [2.05, 4.69) is 19.8 Å². The van der Waals surface area contributed by atoms with Gasteiger partial charge in [0.2, 0.25) is 6.67 Å². The molecular formula is C6H10N3O9+. The molecular weight excluding hydrogens is 258 g/mol. The van der Waals surface area contributed by atoms with Gasteiger partial charge in [-0.3, -0.25) is 0 Å². The second kappa shape index (κ2) is 5.35. The minimum atomic E-state index is -1.80. The highest BCUT2D eigenvalue weighted by molar-refractivity contribution is 5.57. The van der Waals surface area contributed by atoms with Crippen LogP contribution in [0.5, 0.6) is 0 Å². The second-order valence-corrected chi connectivity index (χ2v) is 3.08. The molecule has 1 heterocycles. The standard InChI is InChI=1S/C6H9N3O9/c10-4(11)16-8-1-7-2-9(3-8,17-5(12)13)18-6(14)15/h7H,1-3H2,(H2-,10,11,12,13,14,15)/p+1. The summed E-state index contributed by atoms with van der Waals surface area (Å²) < 4.78 is 0. The van der Waals surface area contributed by atoms with Gasteiger partial charge in [-0.2, -0.15) is 19.3 Å². The summed E-state index contributed by atoms with van der Waals surface area (Å²) in [6.45, 7) is -1.01. The fourth-order valence-corrected chi connectivity index (χ4v) is 1.28. The van der Waals surface area contributed by atoms with E-state index in [4.69, 9.17) is 15.3 Å². The van der Waals surface area contributed by atoms with Crippen molar-refractivity contribution in [1.82, 2.24) is 10.4 Å². The number of rotatable bonds is 3. The molecule has 4 N–H and O–H groups in total. The molecule has 0 spiro atoms. The first-order valence-corrected chi connectivity index (χ1v) is 4.42. The third kappa shape index (κ3) is 3.93. The molecule has 0 aromatic rings. The molecule has 0 radical (unpaired) electrons. The fourth-order valence-electron chi connectivity index (χ4n) is 1.28. The van der Waals surface area contributed by atoms with Gasteiger partial charge in [-0.05, 0) is 0 Å². The lowest BCUT2D eigenvalue weighted by molar-refractivity contribution is -1.23. The van der Waals surface area contributed by atoms with Gasteiger partial charge in [-0.25, -0.2) is 10.1 Å². The quantitative estimate of drug-likeness (QED) is 0.485.